The first-order chi connectivity index (χ1) is 14.1. The molecule has 0 saturated carbocycles. The third kappa shape index (κ3) is 6.47. The lowest BCUT2D eigenvalue weighted by Gasteiger charge is -2.10. The Bertz CT molecular complexity index is 973. The lowest BCUT2D eigenvalue weighted by atomic mass is 10.2. The van der Waals surface area contributed by atoms with Gasteiger partial charge in [-0.1, -0.05) is 34.1 Å². The van der Waals surface area contributed by atoms with Gasteiger partial charge in [0.05, 0.1) is 12.3 Å². The van der Waals surface area contributed by atoms with Crippen molar-refractivity contribution in [2.45, 2.75) is 6.92 Å². The van der Waals surface area contributed by atoms with Gasteiger partial charge in [-0.25, -0.2) is 0 Å². The lowest BCUT2D eigenvalue weighted by molar-refractivity contribution is -0.118. The van der Waals surface area contributed by atoms with Crippen LogP contribution >= 0.6 is 15.9 Å². The zero-order valence-corrected chi connectivity index (χ0v) is 17.6. The van der Waals surface area contributed by atoms with Gasteiger partial charge in [0.25, 0.3) is 5.91 Å². The van der Waals surface area contributed by atoms with E-state index in [0.717, 1.165) is 27.2 Å². The normalized spacial score (nSPS) is 10.7. The van der Waals surface area contributed by atoms with Gasteiger partial charge in [-0.3, -0.25) is 9.79 Å². The molecule has 1 amide bonds. The minimum Gasteiger partial charge on any atom is -0.494 e. The molecule has 0 radical (unpaired) electrons. The molecule has 3 rings (SSSR count). The van der Waals surface area contributed by atoms with E-state index < -0.39 is 0 Å². The van der Waals surface area contributed by atoms with Crippen LogP contribution in [0, 0.1) is 0 Å². The zero-order valence-electron chi connectivity index (χ0n) is 16.0. The summed E-state index contributed by atoms with van der Waals surface area (Å²) in [4.78, 5) is 16.6. The van der Waals surface area contributed by atoms with Crippen molar-refractivity contribution in [2.75, 3.05) is 18.5 Å². The van der Waals surface area contributed by atoms with Crippen LogP contribution in [0.3, 0.4) is 0 Å². The topological polar surface area (TPSA) is 59.9 Å². The predicted molar refractivity (Wildman–Crippen MR) is 120 cm³/mol. The van der Waals surface area contributed by atoms with Crippen molar-refractivity contribution in [2.24, 2.45) is 4.99 Å². The number of amides is 1. The van der Waals surface area contributed by atoms with Crippen LogP contribution in [0.4, 0.5) is 11.4 Å². The van der Waals surface area contributed by atoms with E-state index in [1.54, 1.807) is 12.3 Å². The number of rotatable bonds is 8. The Balaban J connectivity index is 1.66. The Morgan fingerprint density at radius 2 is 1.79 bits per heavy atom. The third-order valence-electron chi connectivity index (χ3n) is 3.89. The van der Waals surface area contributed by atoms with Crippen LogP contribution in [0.15, 0.2) is 82.3 Å². The maximum absolute atomic E-state index is 12.1. The largest absolute Gasteiger partial charge is 0.494 e. The average molecular weight is 453 g/mol. The van der Waals surface area contributed by atoms with E-state index in [9.17, 15) is 4.79 Å². The molecule has 0 aliphatic carbocycles. The Kier molecular flexibility index (Phi) is 7.41. The summed E-state index contributed by atoms with van der Waals surface area (Å²) in [6.07, 6.45) is 1.71. The Labute approximate surface area is 178 Å². The van der Waals surface area contributed by atoms with E-state index in [4.69, 9.17) is 9.47 Å². The van der Waals surface area contributed by atoms with E-state index in [0.29, 0.717) is 12.4 Å². The fourth-order valence-electron chi connectivity index (χ4n) is 2.55. The average Bonchev–Trinajstić information content (AvgIpc) is 2.73. The summed E-state index contributed by atoms with van der Waals surface area (Å²) >= 11 is 3.46. The zero-order chi connectivity index (χ0) is 20.5. The molecule has 0 spiro atoms. The molecule has 0 heterocycles. The molecule has 6 heteroatoms. The molecule has 0 atom stereocenters. The molecule has 5 nitrogen and oxygen atoms in total. The molecule has 0 saturated heterocycles. The number of anilines is 1. The van der Waals surface area contributed by atoms with Gasteiger partial charge in [0, 0.05) is 21.9 Å². The number of carbonyl (C=O) groups excluding carboxylic acids is 1. The number of para-hydroxylation sites is 1. The number of carbonyl (C=O) groups is 1. The van der Waals surface area contributed by atoms with Crippen LogP contribution in [0.2, 0.25) is 0 Å². The molecular weight excluding hydrogens is 432 g/mol. The van der Waals surface area contributed by atoms with Crippen molar-refractivity contribution >= 4 is 39.4 Å². The van der Waals surface area contributed by atoms with Crippen molar-refractivity contribution in [1.29, 1.82) is 0 Å². The number of benzene rings is 3. The Morgan fingerprint density at radius 3 is 2.52 bits per heavy atom. The van der Waals surface area contributed by atoms with Gasteiger partial charge in [0.2, 0.25) is 0 Å². The van der Waals surface area contributed by atoms with Crippen molar-refractivity contribution in [1.82, 2.24) is 0 Å². The van der Waals surface area contributed by atoms with Gasteiger partial charge >= 0.3 is 0 Å². The smallest absolute Gasteiger partial charge is 0.262 e. The molecule has 1 N–H and O–H groups in total. The first-order valence-electron chi connectivity index (χ1n) is 9.18. The summed E-state index contributed by atoms with van der Waals surface area (Å²) in [7, 11) is 0. The molecule has 0 bridgehead atoms. The van der Waals surface area contributed by atoms with Gasteiger partial charge in [0.1, 0.15) is 11.5 Å². The van der Waals surface area contributed by atoms with Crippen LogP contribution in [-0.4, -0.2) is 25.3 Å². The van der Waals surface area contributed by atoms with E-state index >= 15 is 0 Å². The van der Waals surface area contributed by atoms with Crippen molar-refractivity contribution in [3.8, 4) is 11.5 Å². The maximum Gasteiger partial charge on any atom is 0.262 e. The van der Waals surface area contributed by atoms with Gasteiger partial charge in [-0.15, -0.1) is 0 Å². The number of aliphatic imine (C=N–C) groups is 1. The fourth-order valence-corrected chi connectivity index (χ4v) is 2.93. The monoisotopic (exact) mass is 452 g/mol. The third-order valence-corrected chi connectivity index (χ3v) is 4.38. The highest BCUT2D eigenvalue weighted by molar-refractivity contribution is 9.10. The summed E-state index contributed by atoms with van der Waals surface area (Å²) in [5, 5.41) is 2.80. The fraction of sp³-hybridized carbons (Fsp3) is 0.130. The molecule has 0 fully saturated rings. The summed E-state index contributed by atoms with van der Waals surface area (Å²) in [5.41, 5.74) is 2.29. The highest BCUT2D eigenvalue weighted by Gasteiger charge is 2.07. The van der Waals surface area contributed by atoms with Crippen LogP contribution < -0.4 is 14.8 Å². The Morgan fingerprint density at radius 1 is 1.03 bits per heavy atom. The minimum absolute atomic E-state index is 0.0968. The maximum atomic E-state index is 12.1. The van der Waals surface area contributed by atoms with Gasteiger partial charge in [-0.2, -0.15) is 0 Å². The van der Waals surface area contributed by atoms with Crippen molar-refractivity contribution in [3.05, 3.63) is 82.8 Å². The van der Waals surface area contributed by atoms with Crippen molar-refractivity contribution < 1.29 is 14.3 Å². The van der Waals surface area contributed by atoms with Gasteiger partial charge < -0.3 is 14.8 Å². The Hall–Kier alpha value is -3.12. The van der Waals surface area contributed by atoms with Gasteiger partial charge in [0.15, 0.2) is 6.61 Å². The van der Waals surface area contributed by atoms with Crippen LogP contribution in [0.25, 0.3) is 0 Å². The van der Waals surface area contributed by atoms with E-state index in [-0.39, 0.29) is 12.5 Å². The number of nitrogens with one attached hydrogen (secondary N) is 1. The highest BCUT2D eigenvalue weighted by atomic mass is 79.9. The van der Waals surface area contributed by atoms with E-state index in [2.05, 4.69) is 26.2 Å². The minimum atomic E-state index is -0.228. The molecule has 0 aliphatic rings. The number of hydrogen-bond acceptors (Lipinski definition) is 4. The SMILES string of the molecule is CCOc1ccc(N=Cc2cc(Br)ccc2OCC(=O)Nc2ccccc2)cc1. The molecule has 0 aromatic heterocycles. The van der Waals surface area contributed by atoms with Crippen LogP contribution in [0.1, 0.15) is 12.5 Å². The van der Waals surface area contributed by atoms with Gasteiger partial charge in [-0.05, 0) is 61.5 Å². The summed E-state index contributed by atoms with van der Waals surface area (Å²) in [6, 6.07) is 22.3. The molecule has 0 unspecified atom stereocenters. The highest BCUT2D eigenvalue weighted by Crippen LogP contribution is 2.24. The lowest BCUT2D eigenvalue weighted by Crippen LogP contribution is -2.20. The summed E-state index contributed by atoms with van der Waals surface area (Å²) < 4.78 is 12.1. The second kappa shape index (κ2) is 10.4. The molecule has 148 valence electrons. The molecule has 0 aliphatic heterocycles. The molecule has 3 aromatic carbocycles. The summed E-state index contributed by atoms with van der Waals surface area (Å²) in [6.45, 7) is 2.47. The standard InChI is InChI=1S/C23H21BrN2O3/c1-2-28-21-11-9-19(10-12-21)25-15-17-14-18(24)8-13-22(17)29-16-23(27)26-20-6-4-3-5-7-20/h3-15H,2,16H2,1H3,(H,26,27). The molecule has 3 aromatic rings. The molecular formula is C23H21BrN2O3. The van der Waals surface area contributed by atoms with Crippen LogP contribution in [-0.2, 0) is 4.79 Å². The second-order valence-corrected chi connectivity index (χ2v) is 6.99. The van der Waals surface area contributed by atoms with Crippen molar-refractivity contribution in [3.63, 3.8) is 0 Å². The number of nitrogens with zero attached hydrogens (tertiary/aromatic N) is 1. The first kappa shape index (κ1) is 20.6. The summed E-state index contributed by atoms with van der Waals surface area (Å²) in [5.74, 6) is 1.15. The number of hydrogen-bond donors (Lipinski definition) is 1. The molecule has 29 heavy (non-hydrogen) atoms. The quantitative estimate of drug-likeness (QED) is 0.451. The number of ether oxygens (including phenoxy) is 2. The van der Waals surface area contributed by atoms with E-state index in [1.165, 1.54) is 0 Å². The van der Waals surface area contributed by atoms with Crippen LogP contribution in [0.5, 0.6) is 11.5 Å². The predicted octanol–water partition coefficient (Wildman–Crippen LogP) is 5.62. The second-order valence-electron chi connectivity index (χ2n) is 6.07. The first-order valence-corrected chi connectivity index (χ1v) is 9.97. The van der Waals surface area contributed by atoms with E-state index in [1.807, 2.05) is 73.7 Å². The number of halogens is 1.